The summed E-state index contributed by atoms with van der Waals surface area (Å²) in [4.78, 5) is 22.9. The quantitative estimate of drug-likeness (QED) is 0.916. The predicted molar refractivity (Wildman–Crippen MR) is 82.6 cm³/mol. The van der Waals surface area contributed by atoms with Gasteiger partial charge in [0.25, 0.3) is 11.7 Å². The molecule has 0 bridgehead atoms. The lowest BCUT2D eigenvalue weighted by Crippen LogP contribution is -2.42. The maximum atomic E-state index is 12.2. The first-order chi connectivity index (χ1) is 10.7. The largest absolute Gasteiger partial charge is 0.346 e. The zero-order valence-electron chi connectivity index (χ0n) is 12.9. The number of hydrogen-bond donors (Lipinski definition) is 1. The smallest absolute Gasteiger partial charge is 0.291 e. The van der Waals surface area contributed by atoms with Crippen molar-refractivity contribution in [2.24, 2.45) is 0 Å². The van der Waals surface area contributed by atoms with Crippen LogP contribution in [0.25, 0.3) is 5.78 Å². The first-order valence-electron chi connectivity index (χ1n) is 7.93. The lowest BCUT2D eigenvalue weighted by molar-refractivity contribution is 0.0919. The fourth-order valence-electron chi connectivity index (χ4n) is 2.87. The van der Waals surface area contributed by atoms with Gasteiger partial charge < -0.3 is 10.2 Å². The highest BCUT2D eigenvalue weighted by molar-refractivity contribution is 5.90. The molecular weight excluding hydrogens is 280 g/mol. The third-order valence-electron chi connectivity index (χ3n) is 3.93. The monoisotopic (exact) mass is 302 g/mol. The van der Waals surface area contributed by atoms with Crippen molar-refractivity contribution in [1.29, 1.82) is 0 Å². The SMILES string of the molecule is C[C@H](CN1CCCCCC1)NC(=O)c1nc2ncccn2n1. The number of hydrogen-bond acceptors (Lipinski definition) is 5. The number of amides is 1. The van der Waals surface area contributed by atoms with Gasteiger partial charge in [-0.2, -0.15) is 4.98 Å². The van der Waals surface area contributed by atoms with E-state index >= 15 is 0 Å². The molecule has 1 aliphatic heterocycles. The summed E-state index contributed by atoms with van der Waals surface area (Å²) in [7, 11) is 0. The van der Waals surface area contributed by atoms with Crippen LogP contribution in [-0.2, 0) is 0 Å². The van der Waals surface area contributed by atoms with E-state index in [2.05, 4.69) is 25.3 Å². The number of carbonyl (C=O) groups excluding carboxylic acids is 1. The lowest BCUT2D eigenvalue weighted by Gasteiger charge is -2.24. The fraction of sp³-hybridized carbons (Fsp3) is 0.600. The van der Waals surface area contributed by atoms with Crippen molar-refractivity contribution in [3.05, 3.63) is 24.3 Å². The van der Waals surface area contributed by atoms with Crippen LogP contribution in [0, 0.1) is 0 Å². The number of rotatable bonds is 4. The van der Waals surface area contributed by atoms with E-state index in [1.54, 1.807) is 18.5 Å². The van der Waals surface area contributed by atoms with Crippen molar-refractivity contribution >= 4 is 11.7 Å². The summed E-state index contributed by atoms with van der Waals surface area (Å²) in [6.07, 6.45) is 8.49. The van der Waals surface area contributed by atoms with Gasteiger partial charge in [0.05, 0.1) is 0 Å². The number of nitrogens with zero attached hydrogens (tertiary/aromatic N) is 5. The summed E-state index contributed by atoms with van der Waals surface area (Å²) in [5.74, 6) is 0.363. The summed E-state index contributed by atoms with van der Waals surface area (Å²) in [6, 6.07) is 1.83. The second-order valence-corrected chi connectivity index (χ2v) is 5.89. The van der Waals surface area contributed by atoms with Crippen LogP contribution in [0.15, 0.2) is 18.5 Å². The number of aromatic nitrogens is 4. The van der Waals surface area contributed by atoms with E-state index in [4.69, 9.17) is 0 Å². The van der Waals surface area contributed by atoms with Crippen molar-refractivity contribution in [3.63, 3.8) is 0 Å². The maximum Gasteiger partial charge on any atom is 0.291 e. The molecule has 3 rings (SSSR count). The third kappa shape index (κ3) is 3.59. The number of carbonyl (C=O) groups is 1. The van der Waals surface area contributed by atoms with E-state index < -0.39 is 0 Å². The number of nitrogens with one attached hydrogen (secondary N) is 1. The Bertz CT molecular complexity index is 599. The molecule has 22 heavy (non-hydrogen) atoms. The van der Waals surface area contributed by atoms with Gasteiger partial charge in [0.1, 0.15) is 0 Å². The Labute approximate surface area is 129 Å². The lowest BCUT2D eigenvalue weighted by atomic mass is 10.2. The van der Waals surface area contributed by atoms with E-state index in [-0.39, 0.29) is 17.8 Å². The van der Waals surface area contributed by atoms with E-state index in [1.807, 2.05) is 6.92 Å². The van der Waals surface area contributed by atoms with Gasteiger partial charge in [0.2, 0.25) is 5.82 Å². The molecule has 1 aliphatic rings. The molecule has 1 fully saturated rings. The summed E-state index contributed by atoms with van der Waals surface area (Å²) < 4.78 is 1.51. The molecule has 1 amide bonds. The first kappa shape index (κ1) is 14.9. The Morgan fingerprint density at radius 1 is 1.32 bits per heavy atom. The highest BCUT2D eigenvalue weighted by Crippen LogP contribution is 2.10. The Balaban J connectivity index is 1.58. The Morgan fingerprint density at radius 2 is 2.09 bits per heavy atom. The first-order valence-corrected chi connectivity index (χ1v) is 7.93. The normalized spacial score (nSPS) is 18.0. The molecule has 3 heterocycles. The molecule has 1 saturated heterocycles. The highest BCUT2D eigenvalue weighted by Gasteiger charge is 2.18. The summed E-state index contributed by atoms with van der Waals surface area (Å²) >= 11 is 0. The van der Waals surface area contributed by atoms with Crippen LogP contribution in [0.5, 0.6) is 0 Å². The molecule has 1 atom stereocenters. The topological polar surface area (TPSA) is 75.4 Å². The van der Waals surface area contributed by atoms with Crippen LogP contribution in [0.4, 0.5) is 0 Å². The molecule has 1 N–H and O–H groups in total. The fourth-order valence-corrected chi connectivity index (χ4v) is 2.87. The predicted octanol–water partition coefficient (Wildman–Crippen LogP) is 1.12. The minimum absolute atomic E-state index is 0.0742. The molecule has 2 aromatic rings. The van der Waals surface area contributed by atoms with Crippen LogP contribution >= 0.6 is 0 Å². The Kier molecular flexibility index (Phi) is 4.62. The van der Waals surface area contributed by atoms with E-state index in [9.17, 15) is 4.79 Å². The van der Waals surface area contributed by atoms with Crippen molar-refractivity contribution in [1.82, 2.24) is 29.8 Å². The van der Waals surface area contributed by atoms with Gasteiger partial charge in [-0.1, -0.05) is 12.8 Å². The van der Waals surface area contributed by atoms with Crippen LogP contribution in [0.3, 0.4) is 0 Å². The van der Waals surface area contributed by atoms with Crippen LogP contribution in [0.2, 0.25) is 0 Å². The summed E-state index contributed by atoms with van der Waals surface area (Å²) in [5.41, 5.74) is 0. The van der Waals surface area contributed by atoms with Crippen molar-refractivity contribution in [2.75, 3.05) is 19.6 Å². The van der Waals surface area contributed by atoms with Gasteiger partial charge in [-0.25, -0.2) is 9.50 Å². The molecule has 0 aromatic carbocycles. The molecular formula is C15H22N6O. The molecule has 2 aromatic heterocycles. The number of likely N-dealkylation sites (tertiary alicyclic amines) is 1. The molecule has 7 heteroatoms. The van der Waals surface area contributed by atoms with Gasteiger partial charge in [-0.15, -0.1) is 5.10 Å². The molecule has 7 nitrogen and oxygen atoms in total. The summed E-state index contributed by atoms with van der Waals surface area (Å²) in [5, 5.41) is 7.12. The maximum absolute atomic E-state index is 12.2. The molecule has 0 saturated carbocycles. The van der Waals surface area contributed by atoms with Crippen LogP contribution in [0.1, 0.15) is 43.2 Å². The van der Waals surface area contributed by atoms with E-state index in [0.717, 1.165) is 19.6 Å². The van der Waals surface area contributed by atoms with Crippen LogP contribution in [-0.4, -0.2) is 56.1 Å². The second kappa shape index (κ2) is 6.83. The molecule has 0 unspecified atom stereocenters. The molecule has 0 radical (unpaired) electrons. The highest BCUT2D eigenvalue weighted by atomic mass is 16.2. The van der Waals surface area contributed by atoms with Gasteiger partial charge in [0.15, 0.2) is 0 Å². The molecule has 0 spiro atoms. The van der Waals surface area contributed by atoms with Crippen LogP contribution < -0.4 is 5.32 Å². The van der Waals surface area contributed by atoms with Crippen molar-refractivity contribution in [3.8, 4) is 0 Å². The van der Waals surface area contributed by atoms with Gasteiger partial charge in [-0.3, -0.25) is 4.79 Å². The third-order valence-corrected chi connectivity index (χ3v) is 3.93. The number of fused-ring (bicyclic) bond motifs is 1. The van der Waals surface area contributed by atoms with Gasteiger partial charge in [-0.05, 0) is 38.9 Å². The van der Waals surface area contributed by atoms with Gasteiger partial charge in [0, 0.05) is 25.0 Å². The molecule has 118 valence electrons. The van der Waals surface area contributed by atoms with Crippen molar-refractivity contribution in [2.45, 2.75) is 38.6 Å². The minimum atomic E-state index is -0.243. The zero-order valence-corrected chi connectivity index (χ0v) is 12.9. The summed E-state index contributed by atoms with van der Waals surface area (Å²) in [6.45, 7) is 5.14. The van der Waals surface area contributed by atoms with Gasteiger partial charge >= 0.3 is 0 Å². The van der Waals surface area contributed by atoms with Crippen molar-refractivity contribution < 1.29 is 4.79 Å². The zero-order chi connectivity index (χ0) is 15.4. The average Bonchev–Trinajstić information content (AvgIpc) is 2.79. The Hall–Kier alpha value is -2.02. The minimum Gasteiger partial charge on any atom is -0.346 e. The van der Waals surface area contributed by atoms with E-state index in [0.29, 0.717) is 5.78 Å². The van der Waals surface area contributed by atoms with E-state index in [1.165, 1.54) is 30.2 Å². The standard InChI is InChI=1S/C15H22N6O/c1-12(11-20-8-4-2-3-5-9-20)17-14(22)13-18-15-16-7-6-10-21(15)19-13/h6-7,10,12H,2-5,8-9,11H2,1H3,(H,17,22)/t12-/m1/s1. The molecule has 0 aliphatic carbocycles. The Morgan fingerprint density at radius 3 is 2.82 bits per heavy atom. The second-order valence-electron chi connectivity index (χ2n) is 5.89. The average molecular weight is 302 g/mol.